The van der Waals surface area contributed by atoms with Gasteiger partial charge in [-0.2, -0.15) is 0 Å². The molecule has 1 heterocycles. The van der Waals surface area contributed by atoms with E-state index in [-0.39, 0.29) is 12.2 Å². The molecule has 0 atom stereocenters. The van der Waals surface area contributed by atoms with E-state index in [1.807, 2.05) is 30.3 Å². The highest BCUT2D eigenvalue weighted by molar-refractivity contribution is 5.67. The molecule has 5 heteroatoms. The molecule has 1 saturated heterocycles. The average molecular weight is 306 g/mol. The molecule has 2 rings (SSSR count). The van der Waals surface area contributed by atoms with Gasteiger partial charge in [-0.05, 0) is 37.8 Å². The van der Waals surface area contributed by atoms with Gasteiger partial charge in [0, 0.05) is 19.7 Å². The summed E-state index contributed by atoms with van der Waals surface area (Å²) in [5, 5.41) is 0. The van der Waals surface area contributed by atoms with Gasteiger partial charge >= 0.3 is 6.09 Å². The molecule has 0 spiro atoms. The number of hydrogen-bond donors (Lipinski definition) is 1. The van der Waals surface area contributed by atoms with Crippen LogP contribution in [0, 0.1) is 0 Å². The number of nitrogens with zero attached hydrogens (tertiary/aromatic N) is 1. The predicted molar refractivity (Wildman–Crippen MR) is 85.5 cm³/mol. The summed E-state index contributed by atoms with van der Waals surface area (Å²) in [6.45, 7) is 3.22. The van der Waals surface area contributed by atoms with E-state index in [4.69, 9.17) is 15.2 Å². The zero-order valence-corrected chi connectivity index (χ0v) is 13.1. The number of carbonyl (C=O) groups excluding carboxylic acids is 1. The Hall–Kier alpha value is -1.59. The summed E-state index contributed by atoms with van der Waals surface area (Å²) in [5.74, 6) is 0. The fraction of sp³-hybridized carbons (Fsp3) is 0.588. The predicted octanol–water partition coefficient (Wildman–Crippen LogP) is 2.54. The van der Waals surface area contributed by atoms with Gasteiger partial charge in [-0.15, -0.1) is 0 Å². The lowest BCUT2D eigenvalue weighted by molar-refractivity contribution is 0.00377. The molecule has 122 valence electrons. The Balaban J connectivity index is 1.62. The third kappa shape index (κ3) is 5.66. The maximum atomic E-state index is 12.0. The third-order valence-electron chi connectivity index (χ3n) is 3.86. The molecule has 5 nitrogen and oxygen atoms in total. The largest absolute Gasteiger partial charge is 0.445 e. The normalized spacial score (nSPS) is 15.8. The van der Waals surface area contributed by atoms with Crippen molar-refractivity contribution in [3.63, 3.8) is 0 Å². The molecule has 0 radical (unpaired) electrons. The van der Waals surface area contributed by atoms with E-state index in [2.05, 4.69) is 0 Å². The van der Waals surface area contributed by atoms with Crippen LogP contribution in [0.5, 0.6) is 0 Å². The number of amides is 1. The van der Waals surface area contributed by atoms with E-state index in [1.165, 1.54) is 0 Å². The van der Waals surface area contributed by atoms with Crippen molar-refractivity contribution >= 4 is 6.09 Å². The van der Waals surface area contributed by atoms with Crippen molar-refractivity contribution in [2.24, 2.45) is 5.73 Å². The topological polar surface area (TPSA) is 64.8 Å². The SMILES string of the molecule is NCCCCOC1CCN(C(=O)OCc2ccccc2)CC1. The number of unbranched alkanes of at least 4 members (excludes halogenated alkanes) is 1. The van der Waals surface area contributed by atoms with Gasteiger partial charge in [-0.3, -0.25) is 0 Å². The summed E-state index contributed by atoms with van der Waals surface area (Å²) in [6, 6.07) is 9.74. The maximum absolute atomic E-state index is 12.0. The quantitative estimate of drug-likeness (QED) is 0.786. The smallest absolute Gasteiger partial charge is 0.410 e. The van der Waals surface area contributed by atoms with Crippen molar-refractivity contribution < 1.29 is 14.3 Å². The Bertz CT molecular complexity index is 431. The number of ether oxygens (including phenoxy) is 2. The van der Waals surface area contributed by atoms with Crippen LogP contribution in [0.25, 0.3) is 0 Å². The molecule has 1 aliphatic heterocycles. The summed E-state index contributed by atoms with van der Waals surface area (Å²) in [7, 11) is 0. The number of nitrogens with two attached hydrogens (primary N) is 1. The van der Waals surface area contributed by atoms with Crippen molar-refractivity contribution in [1.29, 1.82) is 0 Å². The molecule has 0 aromatic heterocycles. The highest BCUT2D eigenvalue weighted by Crippen LogP contribution is 2.15. The molecule has 0 aliphatic carbocycles. The Morgan fingerprint density at radius 1 is 1.18 bits per heavy atom. The second-order valence-corrected chi connectivity index (χ2v) is 5.59. The van der Waals surface area contributed by atoms with Crippen LogP contribution in [-0.2, 0) is 16.1 Å². The van der Waals surface area contributed by atoms with Gasteiger partial charge < -0.3 is 20.1 Å². The lowest BCUT2D eigenvalue weighted by Gasteiger charge is -2.31. The second kappa shape index (κ2) is 9.43. The molecule has 0 bridgehead atoms. The number of likely N-dealkylation sites (tertiary alicyclic amines) is 1. The van der Waals surface area contributed by atoms with Crippen molar-refractivity contribution in [2.45, 2.75) is 38.4 Å². The van der Waals surface area contributed by atoms with Crippen LogP contribution >= 0.6 is 0 Å². The molecular formula is C17H26N2O3. The summed E-state index contributed by atoms with van der Waals surface area (Å²) < 4.78 is 11.2. The van der Waals surface area contributed by atoms with Gasteiger partial charge in [0.05, 0.1) is 6.10 Å². The van der Waals surface area contributed by atoms with E-state index in [9.17, 15) is 4.79 Å². The van der Waals surface area contributed by atoms with Crippen molar-refractivity contribution in [3.8, 4) is 0 Å². The standard InChI is InChI=1S/C17H26N2O3/c18-10-4-5-13-21-16-8-11-19(12-9-16)17(20)22-14-15-6-2-1-3-7-15/h1-3,6-7,16H,4-5,8-14,18H2. The number of piperidine rings is 1. The Morgan fingerprint density at radius 2 is 1.91 bits per heavy atom. The van der Waals surface area contributed by atoms with Crippen LogP contribution in [0.3, 0.4) is 0 Å². The molecule has 0 saturated carbocycles. The molecule has 0 unspecified atom stereocenters. The maximum Gasteiger partial charge on any atom is 0.410 e. The summed E-state index contributed by atoms with van der Waals surface area (Å²) in [6.07, 6.45) is 3.80. The van der Waals surface area contributed by atoms with Crippen LogP contribution in [-0.4, -0.2) is 43.3 Å². The highest BCUT2D eigenvalue weighted by Gasteiger charge is 2.24. The number of hydrogen-bond acceptors (Lipinski definition) is 4. The van der Waals surface area contributed by atoms with E-state index in [1.54, 1.807) is 4.90 Å². The molecule has 1 aliphatic rings. The minimum absolute atomic E-state index is 0.231. The fourth-order valence-corrected chi connectivity index (χ4v) is 2.51. The first kappa shape index (κ1) is 16.8. The Morgan fingerprint density at radius 3 is 2.59 bits per heavy atom. The molecule has 1 fully saturated rings. The van der Waals surface area contributed by atoms with Crippen LogP contribution in [0.4, 0.5) is 4.79 Å². The average Bonchev–Trinajstić information content (AvgIpc) is 2.58. The van der Waals surface area contributed by atoms with Gasteiger partial charge in [0.1, 0.15) is 6.61 Å². The lowest BCUT2D eigenvalue weighted by Crippen LogP contribution is -2.41. The molecule has 1 aromatic carbocycles. The van der Waals surface area contributed by atoms with E-state index in [0.29, 0.717) is 19.7 Å². The number of carbonyl (C=O) groups is 1. The number of benzene rings is 1. The molecule has 22 heavy (non-hydrogen) atoms. The van der Waals surface area contributed by atoms with Crippen molar-refractivity contribution in [2.75, 3.05) is 26.2 Å². The second-order valence-electron chi connectivity index (χ2n) is 5.59. The van der Waals surface area contributed by atoms with Gasteiger partial charge in [0.25, 0.3) is 0 Å². The number of rotatable bonds is 7. The van der Waals surface area contributed by atoms with Crippen LogP contribution in [0.15, 0.2) is 30.3 Å². The van der Waals surface area contributed by atoms with Crippen molar-refractivity contribution in [3.05, 3.63) is 35.9 Å². The summed E-state index contributed by atoms with van der Waals surface area (Å²) in [4.78, 5) is 13.8. The van der Waals surface area contributed by atoms with E-state index < -0.39 is 0 Å². The third-order valence-corrected chi connectivity index (χ3v) is 3.86. The van der Waals surface area contributed by atoms with Gasteiger partial charge in [-0.1, -0.05) is 30.3 Å². The van der Waals surface area contributed by atoms with Crippen LogP contribution in [0.2, 0.25) is 0 Å². The van der Waals surface area contributed by atoms with Crippen molar-refractivity contribution in [1.82, 2.24) is 4.90 Å². The first-order valence-corrected chi connectivity index (χ1v) is 8.07. The molecular weight excluding hydrogens is 280 g/mol. The minimum atomic E-state index is -0.231. The van der Waals surface area contributed by atoms with Crippen LogP contribution in [0.1, 0.15) is 31.2 Å². The molecule has 2 N–H and O–H groups in total. The van der Waals surface area contributed by atoms with Gasteiger partial charge in [0.15, 0.2) is 0 Å². The first-order valence-electron chi connectivity index (χ1n) is 8.07. The Kier molecular flexibility index (Phi) is 7.19. The van der Waals surface area contributed by atoms with Gasteiger partial charge in [0.2, 0.25) is 0 Å². The monoisotopic (exact) mass is 306 g/mol. The first-order chi connectivity index (χ1) is 10.8. The fourth-order valence-electron chi connectivity index (χ4n) is 2.51. The van der Waals surface area contributed by atoms with E-state index in [0.717, 1.165) is 44.4 Å². The van der Waals surface area contributed by atoms with Gasteiger partial charge in [-0.25, -0.2) is 4.79 Å². The lowest BCUT2D eigenvalue weighted by atomic mass is 10.1. The van der Waals surface area contributed by atoms with Crippen LogP contribution < -0.4 is 5.73 Å². The summed E-state index contributed by atoms with van der Waals surface area (Å²) in [5.41, 5.74) is 6.46. The Labute approximate surface area is 132 Å². The minimum Gasteiger partial charge on any atom is -0.445 e. The zero-order chi connectivity index (χ0) is 15.6. The summed E-state index contributed by atoms with van der Waals surface area (Å²) >= 11 is 0. The zero-order valence-electron chi connectivity index (χ0n) is 13.1. The van der Waals surface area contributed by atoms with E-state index >= 15 is 0 Å². The highest BCUT2D eigenvalue weighted by atomic mass is 16.6. The molecule has 1 aromatic rings. The molecule has 1 amide bonds.